The van der Waals surface area contributed by atoms with Crippen LogP contribution in [0.3, 0.4) is 0 Å². The van der Waals surface area contributed by atoms with E-state index < -0.39 is 0 Å². The summed E-state index contributed by atoms with van der Waals surface area (Å²) in [7, 11) is 0. The summed E-state index contributed by atoms with van der Waals surface area (Å²) in [6, 6.07) is 8.38. The average Bonchev–Trinajstić information content (AvgIpc) is 2.77. The number of thioether (sulfide) groups is 2. The first-order chi connectivity index (χ1) is 10.1. The molecule has 2 aliphatic rings. The van der Waals surface area contributed by atoms with Crippen LogP contribution in [-0.2, 0) is 4.79 Å². The molecule has 3 nitrogen and oxygen atoms in total. The van der Waals surface area contributed by atoms with Gasteiger partial charge in [-0.3, -0.25) is 10.1 Å². The topological polar surface area (TPSA) is 32.3 Å². The maximum absolute atomic E-state index is 12.5. The van der Waals surface area contributed by atoms with Gasteiger partial charge in [0.15, 0.2) is 0 Å². The quantitative estimate of drug-likeness (QED) is 0.927. The second-order valence-corrected chi connectivity index (χ2v) is 8.32. The highest BCUT2D eigenvalue weighted by Crippen LogP contribution is 2.30. The smallest absolute Gasteiger partial charge is 0.241 e. The van der Waals surface area contributed by atoms with Gasteiger partial charge >= 0.3 is 0 Å². The molecule has 3 atom stereocenters. The van der Waals surface area contributed by atoms with Crippen LogP contribution >= 0.6 is 23.5 Å². The van der Waals surface area contributed by atoms with Gasteiger partial charge in [0.05, 0.1) is 6.04 Å². The monoisotopic (exact) mass is 322 g/mol. The molecule has 2 fully saturated rings. The van der Waals surface area contributed by atoms with Crippen molar-refractivity contribution in [2.24, 2.45) is 0 Å². The zero-order chi connectivity index (χ0) is 14.8. The number of carbonyl (C=O) groups excluding carboxylic acids is 1. The number of rotatable bonds is 3. The molecule has 2 heterocycles. The summed E-state index contributed by atoms with van der Waals surface area (Å²) in [5.41, 5.74) is 2.44. The fraction of sp³-hybridized carbons (Fsp3) is 0.562. The van der Waals surface area contributed by atoms with Gasteiger partial charge in [-0.15, -0.1) is 0 Å². The van der Waals surface area contributed by atoms with Crippen molar-refractivity contribution < 1.29 is 4.79 Å². The fourth-order valence-corrected chi connectivity index (χ4v) is 5.61. The minimum absolute atomic E-state index is 0.0277. The number of hydrogen-bond donors (Lipinski definition) is 1. The Kier molecular flexibility index (Phi) is 4.82. The van der Waals surface area contributed by atoms with Crippen LogP contribution in [0, 0.1) is 6.92 Å². The Bertz CT molecular complexity index is 517. The van der Waals surface area contributed by atoms with Crippen LogP contribution in [0.1, 0.15) is 24.2 Å². The van der Waals surface area contributed by atoms with Crippen LogP contribution in [0.25, 0.3) is 0 Å². The molecule has 21 heavy (non-hydrogen) atoms. The van der Waals surface area contributed by atoms with Gasteiger partial charge in [-0.2, -0.15) is 23.5 Å². The first-order valence-electron chi connectivity index (χ1n) is 7.47. The minimum atomic E-state index is -0.0863. The van der Waals surface area contributed by atoms with Crippen molar-refractivity contribution in [3.8, 4) is 0 Å². The number of carbonyl (C=O) groups is 1. The predicted molar refractivity (Wildman–Crippen MR) is 91.8 cm³/mol. The standard InChI is InChI=1S/C16H22N2OS2/c1-11-4-3-5-13(8-11)15-17-12(2)16(19)18(15)9-14-10-20-6-7-21-14/h3-5,8,12,14-15,17H,6-7,9-10H2,1-2H3. The number of hydrogen-bond acceptors (Lipinski definition) is 4. The number of nitrogens with one attached hydrogen (secondary N) is 1. The molecule has 3 rings (SSSR count). The maximum atomic E-state index is 12.5. The molecule has 0 aromatic heterocycles. The Hall–Kier alpha value is -0.650. The Labute approximate surface area is 135 Å². The predicted octanol–water partition coefficient (Wildman–Crippen LogP) is 2.66. The average molecular weight is 322 g/mol. The lowest BCUT2D eigenvalue weighted by atomic mass is 10.1. The molecule has 5 heteroatoms. The molecule has 0 saturated carbocycles. The molecule has 2 aliphatic heterocycles. The summed E-state index contributed by atoms with van der Waals surface area (Å²) >= 11 is 4.02. The van der Waals surface area contributed by atoms with Crippen molar-refractivity contribution in [2.45, 2.75) is 31.3 Å². The summed E-state index contributed by atoms with van der Waals surface area (Å²) < 4.78 is 0. The van der Waals surface area contributed by atoms with E-state index in [9.17, 15) is 4.79 Å². The van der Waals surface area contributed by atoms with Gasteiger partial charge in [0.25, 0.3) is 0 Å². The van der Waals surface area contributed by atoms with Crippen molar-refractivity contribution in [3.05, 3.63) is 35.4 Å². The van der Waals surface area contributed by atoms with Crippen LogP contribution in [0.4, 0.5) is 0 Å². The van der Waals surface area contributed by atoms with E-state index >= 15 is 0 Å². The molecular weight excluding hydrogens is 300 g/mol. The van der Waals surface area contributed by atoms with Gasteiger partial charge in [0, 0.05) is 29.1 Å². The maximum Gasteiger partial charge on any atom is 0.241 e. The molecule has 1 aromatic carbocycles. The van der Waals surface area contributed by atoms with E-state index in [2.05, 4.69) is 36.5 Å². The Morgan fingerprint density at radius 2 is 2.24 bits per heavy atom. The second-order valence-electron chi connectivity index (χ2n) is 5.76. The first-order valence-corrected chi connectivity index (χ1v) is 9.68. The van der Waals surface area contributed by atoms with Gasteiger partial charge in [0.1, 0.15) is 6.17 Å². The van der Waals surface area contributed by atoms with Gasteiger partial charge in [-0.1, -0.05) is 29.8 Å². The molecule has 1 amide bonds. The number of nitrogens with zero attached hydrogens (tertiary/aromatic N) is 1. The van der Waals surface area contributed by atoms with Gasteiger partial charge in [-0.05, 0) is 19.4 Å². The van der Waals surface area contributed by atoms with Crippen molar-refractivity contribution in [1.29, 1.82) is 0 Å². The Morgan fingerprint density at radius 1 is 1.38 bits per heavy atom. The van der Waals surface area contributed by atoms with E-state index in [1.54, 1.807) is 0 Å². The third-order valence-corrected chi connectivity index (χ3v) is 6.84. The largest absolute Gasteiger partial charge is 0.320 e. The number of benzene rings is 1. The molecule has 1 N–H and O–H groups in total. The van der Waals surface area contributed by atoms with Crippen molar-refractivity contribution >= 4 is 29.4 Å². The highest BCUT2D eigenvalue weighted by atomic mass is 32.2. The van der Waals surface area contributed by atoms with Gasteiger partial charge in [0.2, 0.25) is 5.91 Å². The van der Waals surface area contributed by atoms with E-state index in [0.29, 0.717) is 5.25 Å². The molecule has 1 aromatic rings. The van der Waals surface area contributed by atoms with E-state index in [-0.39, 0.29) is 18.1 Å². The first kappa shape index (κ1) is 15.3. The third kappa shape index (κ3) is 3.41. The van der Waals surface area contributed by atoms with E-state index in [1.165, 1.54) is 22.6 Å². The minimum Gasteiger partial charge on any atom is -0.320 e. The lowest BCUT2D eigenvalue weighted by Crippen LogP contribution is -2.38. The third-order valence-electron chi connectivity index (χ3n) is 4.02. The number of aryl methyl sites for hydroxylation is 1. The van der Waals surface area contributed by atoms with Crippen LogP contribution in [0.2, 0.25) is 0 Å². The van der Waals surface area contributed by atoms with Crippen molar-refractivity contribution in [1.82, 2.24) is 10.2 Å². The molecule has 0 radical (unpaired) electrons. The van der Waals surface area contributed by atoms with E-state index in [4.69, 9.17) is 0 Å². The molecular formula is C16H22N2OS2. The molecule has 0 aliphatic carbocycles. The summed E-state index contributed by atoms with van der Waals surface area (Å²) in [4.78, 5) is 14.5. The summed E-state index contributed by atoms with van der Waals surface area (Å²) in [6.45, 7) is 4.92. The van der Waals surface area contributed by atoms with Crippen molar-refractivity contribution in [3.63, 3.8) is 0 Å². The molecule has 114 valence electrons. The zero-order valence-corrected chi connectivity index (χ0v) is 14.2. The molecule has 0 spiro atoms. The normalized spacial score (nSPS) is 29.9. The second kappa shape index (κ2) is 6.63. The van der Waals surface area contributed by atoms with Gasteiger partial charge < -0.3 is 4.90 Å². The van der Waals surface area contributed by atoms with Crippen LogP contribution in [0.5, 0.6) is 0 Å². The molecule has 0 bridgehead atoms. The van der Waals surface area contributed by atoms with E-state index in [0.717, 1.165) is 12.3 Å². The summed E-state index contributed by atoms with van der Waals surface area (Å²) in [6.07, 6.45) is 0.0277. The Balaban J connectivity index is 1.78. The van der Waals surface area contributed by atoms with Crippen LogP contribution in [-0.4, -0.2) is 45.9 Å². The fourth-order valence-electron chi connectivity index (χ4n) is 2.95. The highest BCUT2D eigenvalue weighted by molar-refractivity contribution is 8.06. The van der Waals surface area contributed by atoms with Gasteiger partial charge in [-0.25, -0.2) is 0 Å². The molecule has 3 unspecified atom stereocenters. The SMILES string of the molecule is Cc1cccc(C2NC(C)C(=O)N2CC2CSCCS2)c1. The highest BCUT2D eigenvalue weighted by Gasteiger charge is 2.38. The molecule has 2 saturated heterocycles. The summed E-state index contributed by atoms with van der Waals surface area (Å²) in [5, 5.41) is 4.01. The number of amides is 1. The van der Waals surface area contributed by atoms with E-state index in [1.807, 2.05) is 35.3 Å². The van der Waals surface area contributed by atoms with Crippen molar-refractivity contribution in [2.75, 3.05) is 23.8 Å². The van der Waals surface area contributed by atoms with Crippen LogP contribution < -0.4 is 5.32 Å². The lowest BCUT2D eigenvalue weighted by Gasteiger charge is -2.30. The van der Waals surface area contributed by atoms with Crippen LogP contribution in [0.15, 0.2) is 24.3 Å². The zero-order valence-electron chi connectivity index (χ0n) is 12.5. The lowest BCUT2D eigenvalue weighted by molar-refractivity contribution is -0.129. The Morgan fingerprint density at radius 3 is 2.95 bits per heavy atom. The summed E-state index contributed by atoms with van der Waals surface area (Å²) in [5.74, 6) is 3.84.